The molecule has 0 aliphatic carbocycles. The minimum absolute atomic E-state index is 0.0822. The summed E-state index contributed by atoms with van der Waals surface area (Å²) in [5.74, 6) is 0.344. The normalized spacial score (nSPS) is 15.8. The Labute approximate surface area is 185 Å². The lowest BCUT2D eigenvalue weighted by Gasteiger charge is -2.33. The van der Waals surface area contributed by atoms with Crippen molar-refractivity contribution in [2.45, 2.75) is 43.2 Å². The number of rotatable bonds is 6. The molecule has 0 unspecified atom stereocenters. The van der Waals surface area contributed by atoms with Crippen molar-refractivity contribution in [2.24, 2.45) is 0 Å². The molecule has 2 aromatic heterocycles. The van der Waals surface area contributed by atoms with Crippen molar-refractivity contribution < 1.29 is 27.3 Å². The van der Waals surface area contributed by atoms with Gasteiger partial charge in [0.2, 0.25) is 11.8 Å². The lowest BCUT2D eigenvalue weighted by Crippen LogP contribution is -2.50. The van der Waals surface area contributed by atoms with Gasteiger partial charge in [-0.05, 0) is 6.07 Å². The molecule has 1 aliphatic rings. The second-order valence-corrected chi connectivity index (χ2v) is 11.3. The van der Waals surface area contributed by atoms with Crippen molar-refractivity contribution in [3.63, 3.8) is 0 Å². The molecule has 2 aromatic rings. The molecule has 0 aromatic carbocycles. The molecule has 1 amide bonds. The Balaban J connectivity index is 1.53. The molecule has 0 saturated carbocycles. The molecule has 31 heavy (non-hydrogen) atoms. The number of thiophene rings is 1. The summed E-state index contributed by atoms with van der Waals surface area (Å²) in [5.41, 5.74) is -0.0242. The predicted molar refractivity (Wildman–Crippen MR) is 112 cm³/mol. The molecule has 0 N–H and O–H groups in total. The first-order valence-corrected chi connectivity index (χ1v) is 12.1. The fourth-order valence-corrected chi connectivity index (χ4v) is 5.74. The number of aryl methyl sites for hydroxylation is 1. The first kappa shape index (κ1) is 23.4. The van der Waals surface area contributed by atoms with Crippen LogP contribution in [0.25, 0.3) is 0 Å². The van der Waals surface area contributed by atoms with E-state index in [0.29, 0.717) is 31.2 Å². The highest BCUT2D eigenvalue weighted by atomic mass is 32.2. The zero-order valence-corrected chi connectivity index (χ0v) is 19.6. The molecular weight excluding hydrogens is 444 g/mol. The van der Waals surface area contributed by atoms with Crippen LogP contribution in [0.5, 0.6) is 0 Å². The Hall–Kier alpha value is -2.31. The van der Waals surface area contributed by atoms with E-state index in [2.05, 4.69) is 14.9 Å². The first-order chi connectivity index (χ1) is 14.5. The summed E-state index contributed by atoms with van der Waals surface area (Å²) < 4.78 is 36.9. The second-order valence-electron chi connectivity index (χ2n) is 8.19. The molecular formula is C19H26N4O6S2. The van der Waals surface area contributed by atoms with Crippen LogP contribution in [0.2, 0.25) is 0 Å². The van der Waals surface area contributed by atoms with Gasteiger partial charge in [0.1, 0.15) is 4.21 Å². The summed E-state index contributed by atoms with van der Waals surface area (Å²) in [5, 5.41) is 5.41. The monoisotopic (exact) mass is 470 g/mol. The van der Waals surface area contributed by atoms with Crippen molar-refractivity contribution in [1.82, 2.24) is 19.3 Å². The third-order valence-corrected chi connectivity index (χ3v) is 8.19. The molecule has 0 bridgehead atoms. The van der Waals surface area contributed by atoms with E-state index in [9.17, 15) is 18.0 Å². The van der Waals surface area contributed by atoms with Gasteiger partial charge in [-0.25, -0.2) is 13.2 Å². The zero-order chi connectivity index (χ0) is 22.8. The van der Waals surface area contributed by atoms with Gasteiger partial charge in [-0.2, -0.15) is 9.29 Å². The third-order valence-electron chi connectivity index (χ3n) is 4.87. The van der Waals surface area contributed by atoms with Gasteiger partial charge in [-0.1, -0.05) is 25.9 Å². The van der Waals surface area contributed by atoms with Gasteiger partial charge in [0.05, 0.1) is 12.7 Å². The van der Waals surface area contributed by atoms with E-state index >= 15 is 0 Å². The van der Waals surface area contributed by atoms with Crippen molar-refractivity contribution in [2.75, 3.05) is 33.3 Å². The molecule has 3 rings (SSSR count). The van der Waals surface area contributed by atoms with Crippen LogP contribution < -0.4 is 0 Å². The van der Waals surface area contributed by atoms with Crippen LogP contribution in [0.4, 0.5) is 0 Å². The van der Waals surface area contributed by atoms with Crippen LogP contribution in [0.3, 0.4) is 0 Å². The fraction of sp³-hybridized carbons (Fsp3) is 0.579. The minimum Gasteiger partial charge on any atom is -0.465 e. The Morgan fingerprint density at radius 3 is 2.48 bits per heavy atom. The van der Waals surface area contributed by atoms with Gasteiger partial charge in [0.15, 0.2) is 5.82 Å². The SMILES string of the molecule is COC(=O)c1csc(S(=O)(=O)N2CCN(C(=O)CCc3nc(C(C)(C)C)no3)CC2)c1. The highest BCUT2D eigenvalue weighted by Gasteiger charge is 2.32. The second kappa shape index (κ2) is 9.05. The Kier molecular flexibility index (Phi) is 6.82. The van der Waals surface area contributed by atoms with Crippen LogP contribution in [-0.4, -0.2) is 72.9 Å². The number of esters is 1. The predicted octanol–water partition coefficient (Wildman–Crippen LogP) is 1.68. The van der Waals surface area contributed by atoms with Gasteiger partial charge >= 0.3 is 5.97 Å². The number of sulfonamides is 1. The summed E-state index contributed by atoms with van der Waals surface area (Å²) in [6.07, 6.45) is 0.553. The van der Waals surface area contributed by atoms with Crippen molar-refractivity contribution >= 4 is 33.2 Å². The average Bonchev–Trinajstić information content (AvgIpc) is 3.41. The quantitative estimate of drug-likeness (QED) is 0.584. The summed E-state index contributed by atoms with van der Waals surface area (Å²) in [4.78, 5) is 30.1. The van der Waals surface area contributed by atoms with E-state index in [1.807, 2.05) is 20.8 Å². The first-order valence-electron chi connectivity index (χ1n) is 9.80. The molecule has 0 spiro atoms. The zero-order valence-electron chi connectivity index (χ0n) is 18.0. The molecule has 170 valence electrons. The number of methoxy groups -OCH3 is 1. The molecule has 1 fully saturated rings. The van der Waals surface area contributed by atoms with Crippen molar-refractivity contribution in [3.8, 4) is 0 Å². The van der Waals surface area contributed by atoms with Crippen LogP contribution in [-0.2, 0) is 31.4 Å². The lowest BCUT2D eigenvalue weighted by atomic mass is 9.96. The number of piperazine rings is 1. The molecule has 0 atom stereocenters. The van der Waals surface area contributed by atoms with Crippen LogP contribution >= 0.6 is 11.3 Å². The van der Waals surface area contributed by atoms with Crippen molar-refractivity contribution in [3.05, 3.63) is 28.7 Å². The van der Waals surface area contributed by atoms with Gasteiger partial charge in [0.25, 0.3) is 10.0 Å². The molecule has 1 aliphatic heterocycles. The van der Waals surface area contributed by atoms with E-state index < -0.39 is 16.0 Å². The molecule has 0 radical (unpaired) electrons. The van der Waals surface area contributed by atoms with Gasteiger partial charge < -0.3 is 14.2 Å². The van der Waals surface area contributed by atoms with Gasteiger partial charge in [0, 0.05) is 49.8 Å². The largest absolute Gasteiger partial charge is 0.465 e. The average molecular weight is 471 g/mol. The number of nitrogens with zero attached hydrogens (tertiary/aromatic N) is 4. The fourth-order valence-electron chi connectivity index (χ4n) is 3.01. The van der Waals surface area contributed by atoms with E-state index in [1.165, 1.54) is 22.9 Å². The van der Waals surface area contributed by atoms with E-state index in [4.69, 9.17) is 4.52 Å². The number of carbonyl (C=O) groups excluding carboxylic acids is 2. The van der Waals surface area contributed by atoms with Crippen LogP contribution in [0, 0.1) is 0 Å². The molecule has 12 heteroatoms. The topological polar surface area (TPSA) is 123 Å². The highest BCUT2D eigenvalue weighted by Crippen LogP contribution is 2.25. The maximum absolute atomic E-state index is 12.8. The van der Waals surface area contributed by atoms with Crippen molar-refractivity contribution in [1.29, 1.82) is 0 Å². The molecule has 3 heterocycles. The molecule has 10 nitrogen and oxygen atoms in total. The van der Waals surface area contributed by atoms with E-state index in [1.54, 1.807) is 4.90 Å². The van der Waals surface area contributed by atoms with Crippen LogP contribution in [0.1, 0.15) is 49.3 Å². The smallest absolute Gasteiger partial charge is 0.338 e. The number of hydrogen-bond donors (Lipinski definition) is 0. The summed E-state index contributed by atoms with van der Waals surface area (Å²) in [7, 11) is -2.48. The minimum atomic E-state index is -3.73. The van der Waals surface area contributed by atoms with Crippen LogP contribution in [0.15, 0.2) is 20.2 Å². The number of aromatic nitrogens is 2. The molecule has 1 saturated heterocycles. The maximum Gasteiger partial charge on any atom is 0.338 e. The summed E-state index contributed by atoms with van der Waals surface area (Å²) >= 11 is 0.976. The maximum atomic E-state index is 12.8. The number of carbonyl (C=O) groups is 2. The van der Waals surface area contributed by atoms with E-state index in [0.717, 1.165) is 11.3 Å². The standard InChI is InChI=1S/C19H26N4O6S2/c1-19(2,3)18-20-14(29-21-18)5-6-15(24)22-7-9-23(10-8-22)31(26,27)16-11-13(12-30-16)17(25)28-4/h11-12H,5-10H2,1-4H3. The van der Waals surface area contributed by atoms with Gasteiger partial charge in [-0.3, -0.25) is 4.79 Å². The Morgan fingerprint density at radius 2 is 1.90 bits per heavy atom. The summed E-state index contributed by atoms with van der Waals surface area (Å²) in [6, 6.07) is 1.32. The lowest BCUT2D eigenvalue weighted by molar-refractivity contribution is -0.132. The Bertz CT molecular complexity index is 1050. The van der Waals surface area contributed by atoms with E-state index in [-0.39, 0.29) is 40.6 Å². The third kappa shape index (κ3) is 5.31. The Morgan fingerprint density at radius 1 is 1.23 bits per heavy atom. The summed E-state index contributed by atoms with van der Waals surface area (Å²) in [6.45, 7) is 6.91. The number of ether oxygens (including phenoxy) is 1. The number of amides is 1. The highest BCUT2D eigenvalue weighted by molar-refractivity contribution is 7.91. The number of hydrogen-bond acceptors (Lipinski definition) is 9. The van der Waals surface area contributed by atoms with Gasteiger partial charge in [-0.15, -0.1) is 11.3 Å².